The highest BCUT2D eigenvalue weighted by atomic mass is 32.2. The SMILES string of the molecule is CC(C)(CS(=O)(=O)c1cccc(/C=C/Cn2ccnc2C(=O)c2cc3ccccc3s2)c1)C(=O)O. The van der Waals surface area contributed by atoms with E-state index in [2.05, 4.69) is 4.98 Å². The van der Waals surface area contributed by atoms with E-state index < -0.39 is 27.0 Å². The molecule has 0 atom stereocenters. The summed E-state index contributed by atoms with van der Waals surface area (Å²) >= 11 is 1.43. The predicted octanol–water partition coefficient (Wildman–Crippen LogP) is 4.93. The van der Waals surface area contributed by atoms with Crippen molar-refractivity contribution < 1.29 is 23.1 Å². The number of rotatable bonds is 9. The fourth-order valence-electron chi connectivity index (χ4n) is 3.60. The van der Waals surface area contributed by atoms with Crippen LogP contribution in [0.3, 0.4) is 0 Å². The van der Waals surface area contributed by atoms with E-state index in [0.29, 0.717) is 22.8 Å². The second-order valence-electron chi connectivity index (χ2n) is 8.80. The number of hydrogen-bond donors (Lipinski definition) is 1. The number of carboxylic acid groups (broad SMARTS) is 1. The molecule has 4 aromatic rings. The molecule has 1 N–H and O–H groups in total. The molecule has 2 aromatic heterocycles. The Hall–Kier alpha value is -3.56. The van der Waals surface area contributed by atoms with E-state index >= 15 is 0 Å². The Balaban J connectivity index is 1.50. The number of benzene rings is 2. The minimum absolute atomic E-state index is 0.0669. The van der Waals surface area contributed by atoms with Gasteiger partial charge in [-0.05, 0) is 49.1 Å². The number of sulfone groups is 1. The Bertz CT molecular complexity index is 1510. The van der Waals surface area contributed by atoms with Gasteiger partial charge in [-0.1, -0.05) is 42.5 Å². The van der Waals surface area contributed by atoms with Crippen molar-refractivity contribution in [3.05, 3.63) is 89.3 Å². The Morgan fingerprint density at radius 1 is 1.11 bits per heavy atom. The maximum Gasteiger partial charge on any atom is 0.310 e. The lowest BCUT2D eigenvalue weighted by Gasteiger charge is -2.18. The number of aromatic nitrogens is 2. The molecular weight excluding hydrogens is 484 g/mol. The number of nitrogens with zero attached hydrogens (tertiary/aromatic N) is 2. The van der Waals surface area contributed by atoms with Crippen LogP contribution in [-0.4, -0.2) is 40.6 Å². The number of thiophene rings is 1. The molecule has 0 unspecified atom stereocenters. The maximum absolute atomic E-state index is 13.0. The van der Waals surface area contributed by atoms with Crippen molar-refractivity contribution in [2.45, 2.75) is 25.3 Å². The molecule has 2 heterocycles. The number of fused-ring (bicyclic) bond motifs is 1. The van der Waals surface area contributed by atoms with Gasteiger partial charge in [0.1, 0.15) is 0 Å². The summed E-state index contributed by atoms with van der Waals surface area (Å²) < 4.78 is 28.3. The summed E-state index contributed by atoms with van der Waals surface area (Å²) in [5.41, 5.74) is -0.750. The van der Waals surface area contributed by atoms with Crippen molar-refractivity contribution >= 4 is 49.1 Å². The van der Waals surface area contributed by atoms with E-state index in [-0.39, 0.29) is 10.7 Å². The first-order chi connectivity index (χ1) is 16.6. The van der Waals surface area contributed by atoms with Gasteiger partial charge in [0.2, 0.25) is 5.78 Å². The number of allylic oxidation sites excluding steroid dienone is 1. The maximum atomic E-state index is 13.0. The highest BCUT2D eigenvalue weighted by Gasteiger charge is 2.34. The summed E-state index contributed by atoms with van der Waals surface area (Å²) in [4.78, 5) is 29.3. The highest BCUT2D eigenvalue weighted by molar-refractivity contribution is 7.91. The normalized spacial score (nSPS) is 12.4. The van der Waals surface area contributed by atoms with E-state index in [0.717, 1.165) is 10.1 Å². The largest absolute Gasteiger partial charge is 0.481 e. The van der Waals surface area contributed by atoms with Gasteiger partial charge in [-0.25, -0.2) is 13.4 Å². The summed E-state index contributed by atoms with van der Waals surface area (Å²) in [5.74, 6) is -1.49. The summed E-state index contributed by atoms with van der Waals surface area (Å²) in [5, 5.41) is 10.3. The molecule has 0 saturated heterocycles. The Morgan fingerprint density at radius 3 is 2.63 bits per heavy atom. The fraction of sp³-hybridized carbons (Fsp3) is 0.192. The lowest BCUT2D eigenvalue weighted by Crippen LogP contribution is -2.32. The van der Waals surface area contributed by atoms with Gasteiger partial charge in [-0.2, -0.15) is 0 Å². The molecule has 35 heavy (non-hydrogen) atoms. The van der Waals surface area contributed by atoms with Gasteiger partial charge in [0, 0.05) is 23.6 Å². The summed E-state index contributed by atoms with van der Waals surface area (Å²) in [6, 6.07) is 16.0. The van der Waals surface area contributed by atoms with E-state index in [9.17, 15) is 23.1 Å². The van der Waals surface area contributed by atoms with E-state index in [4.69, 9.17) is 0 Å². The number of imidazole rings is 1. The lowest BCUT2D eigenvalue weighted by molar-refractivity contribution is -0.145. The highest BCUT2D eigenvalue weighted by Crippen LogP contribution is 2.27. The molecule has 0 spiro atoms. The van der Waals surface area contributed by atoms with Crippen LogP contribution in [0.5, 0.6) is 0 Å². The molecule has 2 aromatic carbocycles. The average Bonchev–Trinajstić information content (AvgIpc) is 3.45. The number of aliphatic carboxylic acids is 1. The molecule has 9 heteroatoms. The molecule has 0 aliphatic rings. The molecule has 0 saturated carbocycles. The van der Waals surface area contributed by atoms with Crippen LogP contribution in [0, 0.1) is 5.41 Å². The van der Waals surface area contributed by atoms with Crippen molar-refractivity contribution in [1.82, 2.24) is 9.55 Å². The zero-order valence-electron chi connectivity index (χ0n) is 19.2. The van der Waals surface area contributed by atoms with E-state index in [1.165, 1.54) is 37.3 Å². The third-order valence-corrected chi connectivity index (χ3v) is 8.72. The smallest absolute Gasteiger partial charge is 0.310 e. The summed E-state index contributed by atoms with van der Waals surface area (Å²) in [6.45, 7) is 3.15. The van der Waals surface area contributed by atoms with Crippen LogP contribution in [0.1, 0.15) is 34.9 Å². The standard InChI is InChI=1S/C26H24N2O5S2/c1-26(2,25(30)31)17-35(32,33)20-10-5-7-18(15-20)8-6-13-28-14-12-27-24(28)23(29)22-16-19-9-3-4-11-21(19)34-22/h3-12,14-16H,13,17H2,1-2H3,(H,30,31)/b8-6+. The molecule has 0 aliphatic heterocycles. The molecule has 0 amide bonds. The van der Waals surface area contributed by atoms with Gasteiger partial charge < -0.3 is 9.67 Å². The first-order valence-electron chi connectivity index (χ1n) is 10.8. The number of hydrogen-bond acceptors (Lipinski definition) is 6. The van der Waals surface area contributed by atoms with Gasteiger partial charge in [-0.15, -0.1) is 11.3 Å². The monoisotopic (exact) mass is 508 g/mol. The van der Waals surface area contributed by atoms with Crippen LogP contribution in [0.4, 0.5) is 0 Å². The molecule has 4 rings (SSSR count). The van der Waals surface area contributed by atoms with Gasteiger partial charge in [0.05, 0.1) is 20.9 Å². The zero-order chi connectivity index (χ0) is 25.2. The number of carboxylic acids is 1. The molecule has 0 radical (unpaired) electrons. The molecule has 0 bridgehead atoms. The van der Waals surface area contributed by atoms with Gasteiger partial charge >= 0.3 is 5.97 Å². The minimum atomic E-state index is -3.79. The molecule has 180 valence electrons. The molecule has 0 aliphatic carbocycles. The lowest BCUT2D eigenvalue weighted by atomic mass is 9.97. The summed E-state index contributed by atoms with van der Waals surface area (Å²) in [6.07, 6.45) is 6.87. The van der Waals surface area contributed by atoms with Crippen molar-refractivity contribution in [2.75, 3.05) is 5.75 Å². The molecule has 7 nitrogen and oxygen atoms in total. The van der Waals surface area contributed by atoms with Crippen molar-refractivity contribution in [2.24, 2.45) is 5.41 Å². The second kappa shape index (κ2) is 9.59. The van der Waals surface area contributed by atoms with Gasteiger partial charge in [0.25, 0.3) is 0 Å². The van der Waals surface area contributed by atoms with Crippen LogP contribution in [0.25, 0.3) is 16.2 Å². The number of ketones is 1. The average molecular weight is 509 g/mol. The van der Waals surface area contributed by atoms with Crippen LogP contribution in [0.15, 0.2) is 78.0 Å². The van der Waals surface area contributed by atoms with E-state index in [1.807, 2.05) is 36.4 Å². The fourth-order valence-corrected chi connectivity index (χ4v) is 6.44. The number of carbonyl (C=O) groups is 2. The Morgan fingerprint density at radius 2 is 1.89 bits per heavy atom. The second-order valence-corrected chi connectivity index (χ2v) is 11.9. The third kappa shape index (κ3) is 5.41. The van der Waals surface area contributed by atoms with Crippen molar-refractivity contribution in [3.63, 3.8) is 0 Å². The minimum Gasteiger partial charge on any atom is -0.481 e. The Labute approximate surface area is 207 Å². The van der Waals surface area contributed by atoms with Crippen LogP contribution >= 0.6 is 11.3 Å². The first kappa shape index (κ1) is 24.6. The van der Waals surface area contributed by atoms with Crippen LogP contribution < -0.4 is 0 Å². The number of carbonyl (C=O) groups excluding carboxylic acids is 1. The van der Waals surface area contributed by atoms with Crippen molar-refractivity contribution in [3.8, 4) is 0 Å². The molecule has 0 fully saturated rings. The van der Waals surface area contributed by atoms with E-state index in [1.54, 1.807) is 35.2 Å². The zero-order valence-corrected chi connectivity index (χ0v) is 20.8. The molecular formula is C26H24N2O5S2. The van der Waals surface area contributed by atoms with Gasteiger partial charge in [-0.3, -0.25) is 9.59 Å². The van der Waals surface area contributed by atoms with Crippen LogP contribution in [0.2, 0.25) is 0 Å². The summed E-state index contributed by atoms with van der Waals surface area (Å²) in [7, 11) is -3.79. The quantitative estimate of drug-likeness (QED) is 0.322. The van der Waals surface area contributed by atoms with Crippen molar-refractivity contribution in [1.29, 1.82) is 0 Å². The Kier molecular flexibility index (Phi) is 6.73. The predicted molar refractivity (Wildman–Crippen MR) is 136 cm³/mol. The van der Waals surface area contributed by atoms with Crippen LogP contribution in [-0.2, 0) is 21.2 Å². The van der Waals surface area contributed by atoms with Gasteiger partial charge in [0.15, 0.2) is 15.7 Å². The first-order valence-corrected chi connectivity index (χ1v) is 13.3. The third-order valence-electron chi connectivity index (χ3n) is 5.53. The topological polar surface area (TPSA) is 106 Å².